The van der Waals surface area contributed by atoms with Crippen LogP contribution in [0.25, 0.3) is 0 Å². The molecule has 0 bridgehead atoms. The molecule has 1 spiro atoms. The first kappa shape index (κ1) is 19.8. The summed E-state index contributed by atoms with van der Waals surface area (Å²) in [6.07, 6.45) is 11.4. The normalized spacial score (nSPS) is 26.8. The van der Waals surface area contributed by atoms with E-state index in [0.29, 0.717) is 6.54 Å². The van der Waals surface area contributed by atoms with Gasteiger partial charge in [0.15, 0.2) is 0 Å². The third-order valence-corrected chi connectivity index (χ3v) is 7.86. The van der Waals surface area contributed by atoms with E-state index in [1.807, 2.05) is 24.0 Å². The van der Waals surface area contributed by atoms with Crippen molar-refractivity contribution in [2.45, 2.75) is 63.5 Å². The number of amides is 3. The Morgan fingerprint density at radius 1 is 1.03 bits per heavy atom. The molecule has 30 heavy (non-hydrogen) atoms. The zero-order chi connectivity index (χ0) is 20.7. The lowest BCUT2D eigenvalue weighted by atomic mass is 9.84. The van der Waals surface area contributed by atoms with Crippen LogP contribution in [0.1, 0.15) is 50.2 Å². The number of piperidine rings is 1. The Balaban J connectivity index is 1.30. The van der Waals surface area contributed by atoms with Crippen LogP contribution >= 0.6 is 0 Å². The van der Waals surface area contributed by atoms with Gasteiger partial charge in [-0.25, -0.2) is 4.79 Å². The zero-order valence-electron chi connectivity index (χ0n) is 18.1. The number of likely N-dealkylation sites (tertiary alicyclic amines) is 1. The number of benzene rings is 1. The molecule has 5 rings (SSSR count). The summed E-state index contributed by atoms with van der Waals surface area (Å²) in [5.74, 6) is 0.799. The molecule has 3 amide bonds. The van der Waals surface area contributed by atoms with Crippen molar-refractivity contribution < 1.29 is 9.59 Å². The van der Waals surface area contributed by atoms with Crippen molar-refractivity contribution in [2.75, 3.05) is 26.2 Å². The SMILES string of the molecule is CCN1C(=O)N(C2Cc3ccccc3C2)C(=O)C12CCN(CC1CC=CCC1)CC2. The molecule has 5 heteroatoms. The molecule has 2 saturated heterocycles. The van der Waals surface area contributed by atoms with Crippen LogP contribution in [-0.4, -0.2) is 64.4 Å². The fourth-order valence-electron chi connectivity index (χ4n) is 6.19. The zero-order valence-corrected chi connectivity index (χ0v) is 18.1. The Bertz CT molecular complexity index is 831. The number of hydrogen-bond acceptors (Lipinski definition) is 3. The fraction of sp³-hybridized carbons (Fsp3) is 0.600. The third-order valence-electron chi connectivity index (χ3n) is 7.86. The van der Waals surface area contributed by atoms with Crippen LogP contribution in [-0.2, 0) is 17.6 Å². The standard InChI is InChI=1S/C25H33N3O2/c1-2-27-24(30)28(22-16-20-10-6-7-11-21(20)17-22)23(29)25(27)12-14-26(15-13-25)18-19-8-4-3-5-9-19/h3-4,6-7,10-11,19,22H,2,5,8-9,12-18H2,1H3. The number of allylic oxidation sites excluding steroid dienone is 2. The summed E-state index contributed by atoms with van der Waals surface area (Å²) in [5.41, 5.74) is 1.94. The van der Waals surface area contributed by atoms with Gasteiger partial charge in [-0.1, -0.05) is 36.4 Å². The van der Waals surface area contributed by atoms with Gasteiger partial charge in [-0.05, 0) is 68.9 Å². The second-order valence-corrected chi connectivity index (χ2v) is 9.52. The molecule has 0 aromatic heterocycles. The second-order valence-electron chi connectivity index (χ2n) is 9.52. The monoisotopic (exact) mass is 407 g/mol. The van der Waals surface area contributed by atoms with Crippen LogP contribution in [0.2, 0.25) is 0 Å². The minimum absolute atomic E-state index is 0.0251. The van der Waals surface area contributed by atoms with E-state index in [0.717, 1.165) is 51.2 Å². The van der Waals surface area contributed by atoms with Gasteiger partial charge in [-0.2, -0.15) is 0 Å². The number of imide groups is 1. The van der Waals surface area contributed by atoms with Crippen molar-refractivity contribution in [1.82, 2.24) is 14.7 Å². The molecule has 1 atom stereocenters. The Hall–Kier alpha value is -2.14. The fourth-order valence-corrected chi connectivity index (χ4v) is 6.19. The second kappa shape index (κ2) is 7.84. The summed E-state index contributed by atoms with van der Waals surface area (Å²) < 4.78 is 0. The average Bonchev–Trinajstić information content (AvgIpc) is 3.27. The molecule has 5 nitrogen and oxygen atoms in total. The van der Waals surface area contributed by atoms with Gasteiger partial charge in [0.05, 0.1) is 0 Å². The lowest BCUT2D eigenvalue weighted by Gasteiger charge is -2.42. The Morgan fingerprint density at radius 3 is 2.33 bits per heavy atom. The summed E-state index contributed by atoms with van der Waals surface area (Å²) in [6, 6.07) is 8.27. The molecule has 2 heterocycles. The van der Waals surface area contributed by atoms with Crippen molar-refractivity contribution >= 4 is 11.9 Å². The highest BCUT2D eigenvalue weighted by atomic mass is 16.2. The lowest BCUT2D eigenvalue weighted by Crippen LogP contribution is -2.57. The molecule has 1 aromatic carbocycles. The topological polar surface area (TPSA) is 43.9 Å². The highest BCUT2D eigenvalue weighted by Gasteiger charge is 2.59. The maximum absolute atomic E-state index is 13.7. The van der Waals surface area contributed by atoms with Gasteiger partial charge in [-0.3, -0.25) is 9.69 Å². The first-order valence-corrected chi connectivity index (χ1v) is 11.7. The maximum atomic E-state index is 13.7. The van der Waals surface area contributed by atoms with Crippen molar-refractivity contribution in [3.8, 4) is 0 Å². The largest absolute Gasteiger partial charge is 0.327 e. The molecule has 2 aliphatic heterocycles. The van der Waals surface area contributed by atoms with Gasteiger partial charge in [0.1, 0.15) is 5.54 Å². The van der Waals surface area contributed by atoms with Crippen molar-refractivity contribution in [3.63, 3.8) is 0 Å². The quantitative estimate of drug-likeness (QED) is 0.566. The summed E-state index contributed by atoms with van der Waals surface area (Å²) >= 11 is 0. The van der Waals surface area contributed by atoms with Gasteiger partial charge < -0.3 is 9.80 Å². The highest BCUT2D eigenvalue weighted by Crippen LogP contribution is 2.40. The molecule has 1 aromatic rings. The van der Waals surface area contributed by atoms with Crippen LogP contribution < -0.4 is 0 Å². The summed E-state index contributed by atoms with van der Waals surface area (Å²) in [6.45, 7) is 5.56. The van der Waals surface area contributed by atoms with Crippen LogP contribution in [0, 0.1) is 5.92 Å². The molecule has 0 N–H and O–H groups in total. The molecule has 4 aliphatic rings. The molecular weight excluding hydrogens is 374 g/mol. The minimum atomic E-state index is -0.621. The number of carbonyl (C=O) groups excluding carboxylic acids is 2. The van der Waals surface area contributed by atoms with Crippen LogP contribution in [0.3, 0.4) is 0 Å². The number of rotatable bonds is 4. The highest BCUT2D eigenvalue weighted by molar-refractivity contribution is 6.07. The van der Waals surface area contributed by atoms with Crippen molar-refractivity contribution in [2.24, 2.45) is 5.92 Å². The van der Waals surface area contributed by atoms with E-state index in [1.165, 1.54) is 30.4 Å². The summed E-state index contributed by atoms with van der Waals surface area (Å²) in [7, 11) is 0. The van der Waals surface area contributed by atoms with Gasteiger partial charge in [0.2, 0.25) is 0 Å². The van der Waals surface area contributed by atoms with E-state index in [9.17, 15) is 9.59 Å². The van der Waals surface area contributed by atoms with E-state index in [4.69, 9.17) is 0 Å². The number of likely N-dealkylation sites (N-methyl/N-ethyl adjacent to an activating group) is 1. The van der Waals surface area contributed by atoms with E-state index in [2.05, 4.69) is 29.2 Å². The Kier molecular flexibility index (Phi) is 5.18. The number of nitrogens with zero attached hydrogens (tertiary/aromatic N) is 3. The molecule has 0 saturated carbocycles. The number of hydrogen-bond donors (Lipinski definition) is 0. The maximum Gasteiger partial charge on any atom is 0.327 e. The van der Waals surface area contributed by atoms with Gasteiger partial charge in [0.25, 0.3) is 5.91 Å². The van der Waals surface area contributed by atoms with Crippen molar-refractivity contribution in [1.29, 1.82) is 0 Å². The molecule has 0 radical (unpaired) electrons. The summed E-state index contributed by atoms with van der Waals surface area (Å²) in [4.78, 5) is 33.1. The first-order valence-electron chi connectivity index (χ1n) is 11.7. The van der Waals surface area contributed by atoms with E-state index < -0.39 is 5.54 Å². The minimum Gasteiger partial charge on any atom is -0.310 e. The predicted molar refractivity (Wildman–Crippen MR) is 117 cm³/mol. The van der Waals surface area contributed by atoms with E-state index >= 15 is 0 Å². The van der Waals surface area contributed by atoms with Crippen LogP contribution in [0.4, 0.5) is 4.79 Å². The number of fused-ring (bicyclic) bond motifs is 1. The Labute approximate surface area is 179 Å². The van der Waals surface area contributed by atoms with Crippen molar-refractivity contribution in [3.05, 3.63) is 47.5 Å². The summed E-state index contributed by atoms with van der Waals surface area (Å²) in [5, 5.41) is 0. The number of carbonyl (C=O) groups is 2. The Morgan fingerprint density at radius 2 is 1.73 bits per heavy atom. The molecule has 1 unspecified atom stereocenters. The van der Waals surface area contributed by atoms with Crippen LogP contribution in [0.15, 0.2) is 36.4 Å². The van der Waals surface area contributed by atoms with Gasteiger partial charge in [0, 0.05) is 32.2 Å². The molecule has 2 fully saturated rings. The predicted octanol–water partition coefficient (Wildman–Crippen LogP) is 3.63. The average molecular weight is 408 g/mol. The van der Waals surface area contributed by atoms with Gasteiger partial charge in [-0.15, -0.1) is 0 Å². The van der Waals surface area contributed by atoms with E-state index in [1.54, 1.807) is 4.90 Å². The smallest absolute Gasteiger partial charge is 0.310 e. The van der Waals surface area contributed by atoms with Gasteiger partial charge >= 0.3 is 6.03 Å². The van der Waals surface area contributed by atoms with E-state index in [-0.39, 0.29) is 18.0 Å². The molecule has 2 aliphatic carbocycles. The van der Waals surface area contributed by atoms with Crippen LogP contribution in [0.5, 0.6) is 0 Å². The lowest BCUT2D eigenvalue weighted by molar-refractivity contribution is -0.137. The first-order chi connectivity index (χ1) is 14.6. The molecular formula is C25H33N3O2. The third kappa shape index (κ3) is 3.18. The number of urea groups is 1. The molecule has 160 valence electrons.